The highest BCUT2D eigenvalue weighted by Gasteiger charge is 2.35. The van der Waals surface area contributed by atoms with Crippen LogP contribution in [0.25, 0.3) is 10.9 Å². The van der Waals surface area contributed by atoms with Crippen LogP contribution in [0.1, 0.15) is 35.7 Å². The minimum atomic E-state index is -1.41. The molecule has 8 heteroatoms. The maximum Gasteiger partial charge on any atom is 0.341 e. The zero-order valence-electron chi connectivity index (χ0n) is 13.3. The molecule has 4 rings (SSSR count). The van der Waals surface area contributed by atoms with Crippen molar-refractivity contribution in [1.82, 2.24) is 4.57 Å². The van der Waals surface area contributed by atoms with Crippen molar-refractivity contribution in [1.29, 1.82) is 0 Å². The highest BCUT2D eigenvalue weighted by molar-refractivity contribution is 5.94. The average Bonchev–Trinajstić information content (AvgIpc) is 3.36. The Labute approximate surface area is 141 Å². The SMILES string of the molecule is NCC1CCN1c1c(F)cc2c(=O)c(C(=O)O)cn(C3CC3)c2c1F. The van der Waals surface area contributed by atoms with Gasteiger partial charge in [0.15, 0.2) is 5.82 Å². The van der Waals surface area contributed by atoms with Crippen molar-refractivity contribution in [2.24, 2.45) is 5.73 Å². The van der Waals surface area contributed by atoms with Crippen LogP contribution in [-0.2, 0) is 0 Å². The number of pyridine rings is 1. The Morgan fingerprint density at radius 3 is 2.56 bits per heavy atom. The van der Waals surface area contributed by atoms with Crippen molar-refractivity contribution in [3.05, 3.63) is 39.7 Å². The van der Waals surface area contributed by atoms with Gasteiger partial charge >= 0.3 is 5.97 Å². The largest absolute Gasteiger partial charge is 0.477 e. The number of rotatable bonds is 4. The summed E-state index contributed by atoms with van der Waals surface area (Å²) in [6.45, 7) is 0.770. The first kappa shape index (κ1) is 16.0. The smallest absolute Gasteiger partial charge is 0.341 e. The molecular weight excluding hydrogens is 332 g/mol. The molecule has 1 saturated carbocycles. The normalized spacial score (nSPS) is 20.0. The summed E-state index contributed by atoms with van der Waals surface area (Å²) >= 11 is 0. The molecule has 1 aliphatic heterocycles. The number of anilines is 1. The molecule has 2 aromatic rings. The molecule has 1 atom stereocenters. The van der Waals surface area contributed by atoms with Crippen LogP contribution in [0.3, 0.4) is 0 Å². The highest BCUT2D eigenvalue weighted by atomic mass is 19.1. The van der Waals surface area contributed by atoms with Gasteiger partial charge in [0.05, 0.1) is 10.9 Å². The summed E-state index contributed by atoms with van der Waals surface area (Å²) in [5, 5.41) is 8.98. The maximum atomic E-state index is 15.2. The van der Waals surface area contributed by atoms with Gasteiger partial charge in [0.25, 0.3) is 0 Å². The fourth-order valence-electron chi connectivity index (χ4n) is 3.47. The number of hydrogen-bond acceptors (Lipinski definition) is 4. The zero-order valence-corrected chi connectivity index (χ0v) is 13.3. The molecule has 1 aromatic carbocycles. The summed E-state index contributed by atoms with van der Waals surface area (Å²) in [5.74, 6) is -3.10. The van der Waals surface area contributed by atoms with Gasteiger partial charge in [0.1, 0.15) is 17.1 Å². The number of aromatic nitrogens is 1. The monoisotopic (exact) mass is 349 g/mol. The van der Waals surface area contributed by atoms with Crippen LogP contribution in [0.5, 0.6) is 0 Å². The van der Waals surface area contributed by atoms with E-state index in [1.807, 2.05) is 0 Å². The molecular formula is C17H17F2N3O3. The topological polar surface area (TPSA) is 88.6 Å². The maximum absolute atomic E-state index is 15.2. The molecule has 132 valence electrons. The van der Waals surface area contributed by atoms with Gasteiger partial charge in [0.2, 0.25) is 5.43 Å². The average molecular weight is 349 g/mol. The molecule has 0 bridgehead atoms. The standard InChI is InChI=1S/C17H17F2N3O3/c18-12-5-10-14(13(19)15(12)21-4-3-9(21)6-20)22(8-1-2-8)7-11(16(10)23)17(24)25/h5,7-9H,1-4,6,20H2,(H,24,25). The Bertz CT molecular complexity index is 951. The number of nitrogens with two attached hydrogens (primary N) is 1. The summed E-state index contributed by atoms with van der Waals surface area (Å²) in [7, 11) is 0. The molecule has 1 saturated heterocycles. The van der Waals surface area contributed by atoms with Gasteiger partial charge in [-0.05, 0) is 25.3 Å². The van der Waals surface area contributed by atoms with E-state index in [-0.39, 0.29) is 35.2 Å². The summed E-state index contributed by atoms with van der Waals surface area (Å²) in [4.78, 5) is 25.3. The molecule has 25 heavy (non-hydrogen) atoms. The lowest BCUT2D eigenvalue weighted by molar-refractivity contribution is 0.0695. The van der Waals surface area contributed by atoms with Crippen LogP contribution < -0.4 is 16.1 Å². The fraction of sp³-hybridized carbons (Fsp3) is 0.412. The number of hydrogen-bond donors (Lipinski definition) is 2. The number of fused-ring (bicyclic) bond motifs is 1. The Morgan fingerprint density at radius 1 is 1.32 bits per heavy atom. The number of halogens is 2. The third kappa shape index (κ3) is 2.31. The van der Waals surface area contributed by atoms with Crippen molar-refractivity contribution in [3.8, 4) is 0 Å². The number of nitrogens with zero attached hydrogens (tertiary/aromatic N) is 2. The van der Waals surface area contributed by atoms with Gasteiger partial charge in [-0.15, -0.1) is 0 Å². The minimum absolute atomic E-state index is 0.0310. The van der Waals surface area contributed by atoms with E-state index in [1.165, 1.54) is 10.8 Å². The van der Waals surface area contributed by atoms with Crippen molar-refractivity contribution in [2.45, 2.75) is 31.3 Å². The number of benzene rings is 1. The highest BCUT2D eigenvalue weighted by Crippen LogP contribution is 2.40. The molecule has 0 spiro atoms. The first-order chi connectivity index (χ1) is 11.9. The Morgan fingerprint density at radius 2 is 2.04 bits per heavy atom. The quantitative estimate of drug-likeness (QED) is 0.879. The van der Waals surface area contributed by atoms with E-state index < -0.39 is 28.6 Å². The summed E-state index contributed by atoms with van der Waals surface area (Å²) in [5.41, 5.74) is 4.06. The van der Waals surface area contributed by atoms with Gasteiger partial charge < -0.3 is 20.3 Å². The van der Waals surface area contributed by atoms with E-state index >= 15 is 4.39 Å². The molecule has 2 aliphatic rings. The van der Waals surface area contributed by atoms with Crippen molar-refractivity contribution in [3.63, 3.8) is 0 Å². The second-order valence-electron chi connectivity index (χ2n) is 6.60. The number of carboxylic acids is 1. The molecule has 6 nitrogen and oxygen atoms in total. The van der Waals surface area contributed by atoms with E-state index in [0.29, 0.717) is 6.54 Å². The summed E-state index contributed by atoms with van der Waals surface area (Å²) in [6.07, 6.45) is 3.45. The molecule has 1 unspecified atom stereocenters. The lowest BCUT2D eigenvalue weighted by atomic mass is 10.00. The first-order valence-corrected chi connectivity index (χ1v) is 8.21. The van der Waals surface area contributed by atoms with E-state index in [1.54, 1.807) is 4.90 Å². The number of aromatic carboxylic acids is 1. The van der Waals surface area contributed by atoms with Crippen LogP contribution in [0.15, 0.2) is 17.1 Å². The van der Waals surface area contributed by atoms with E-state index in [0.717, 1.165) is 25.3 Å². The third-order valence-electron chi connectivity index (χ3n) is 5.06. The van der Waals surface area contributed by atoms with Crippen LogP contribution in [0.4, 0.5) is 14.5 Å². The van der Waals surface area contributed by atoms with E-state index in [2.05, 4.69) is 0 Å². The van der Waals surface area contributed by atoms with E-state index in [9.17, 15) is 19.1 Å². The molecule has 2 heterocycles. The number of carbonyl (C=O) groups is 1. The second kappa shape index (κ2) is 5.52. The third-order valence-corrected chi connectivity index (χ3v) is 5.06. The molecule has 0 amide bonds. The van der Waals surface area contributed by atoms with Crippen LogP contribution in [0, 0.1) is 11.6 Å². The summed E-state index contributed by atoms with van der Waals surface area (Å²) in [6, 6.07) is 0.740. The van der Waals surface area contributed by atoms with Gasteiger partial charge in [0, 0.05) is 31.4 Å². The first-order valence-electron chi connectivity index (χ1n) is 8.21. The lowest BCUT2D eigenvalue weighted by Gasteiger charge is -2.42. The zero-order chi connectivity index (χ0) is 17.9. The van der Waals surface area contributed by atoms with Gasteiger partial charge in [-0.3, -0.25) is 4.79 Å². The molecule has 1 aliphatic carbocycles. The Kier molecular flexibility index (Phi) is 3.54. The molecule has 1 aromatic heterocycles. The molecule has 0 radical (unpaired) electrons. The van der Waals surface area contributed by atoms with E-state index in [4.69, 9.17) is 5.73 Å². The van der Waals surface area contributed by atoms with Gasteiger partial charge in [-0.2, -0.15) is 0 Å². The Hall–Kier alpha value is -2.48. The minimum Gasteiger partial charge on any atom is -0.477 e. The van der Waals surface area contributed by atoms with Crippen molar-refractivity contribution >= 4 is 22.6 Å². The van der Waals surface area contributed by atoms with Gasteiger partial charge in [-0.1, -0.05) is 0 Å². The van der Waals surface area contributed by atoms with Crippen molar-refractivity contribution in [2.75, 3.05) is 18.0 Å². The number of carboxylic acid groups (broad SMARTS) is 1. The van der Waals surface area contributed by atoms with Crippen LogP contribution in [-0.4, -0.2) is 34.8 Å². The van der Waals surface area contributed by atoms with Gasteiger partial charge in [-0.25, -0.2) is 13.6 Å². The Balaban J connectivity index is 2.03. The fourth-order valence-corrected chi connectivity index (χ4v) is 3.47. The summed E-state index contributed by atoms with van der Waals surface area (Å²) < 4.78 is 31.3. The predicted octanol–water partition coefficient (Wildman–Crippen LogP) is 1.85. The van der Waals surface area contributed by atoms with Crippen LogP contribution in [0.2, 0.25) is 0 Å². The molecule has 3 N–H and O–H groups in total. The predicted molar refractivity (Wildman–Crippen MR) is 88.2 cm³/mol. The van der Waals surface area contributed by atoms with Crippen molar-refractivity contribution < 1.29 is 18.7 Å². The molecule has 2 fully saturated rings. The lowest BCUT2D eigenvalue weighted by Crippen LogP contribution is -2.52. The second-order valence-corrected chi connectivity index (χ2v) is 6.60. The van der Waals surface area contributed by atoms with Crippen LogP contribution >= 0.6 is 0 Å².